The third kappa shape index (κ3) is 2.80. The molecule has 1 aromatic carbocycles. The van der Waals surface area contributed by atoms with Crippen LogP contribution >= 0.6 is 0 Å². The van der Waals surface area contributed by atoms with Gasteiger partial charge in [-0.3, -0.25) is 4.79 Å². The smallest absolute Gasteiger partial charge is 0.274 e. The minimum absolute atomic E-state index is 0.0665. The number of carbonyl (C=O) groups is 1. The highest BCUT2D eigenvalue weighted by Crippen LogP contribution is 2.18. The second-order valence-electron chi connectivity index (χ2n) is 5.50. The van der Waals surface area contributed by atoms with E-state index in [4.69, 9.17) is 10.2 Å². The number of benzene rings is 1. The summed E-state index contributed by atoms with van der Waals surface area (Å²) in [5.74, 6) is 0.570. The number of carbonyl (C=O) groups excluding carboxylic acids is 1. The Bertz CT molecular complexity index is 1050. The van der Waals surface area contributed by atoms with Gasteiger partial charge in [0.2, 0.25) is 11.8 Å². The lowest BCUT2D eigenvalue weighted by molar-refractivity contribution is 0.102. The fourth-order valence-electron chi connectivity index (χ4n) is 2.37. The Morgan fingerprint density at radius 2 is 2.00 bits per heavy atom. The Hall–Kier alpha value is -3.68. The van der Waals surface area contributed by atoms with E-state index in [1.807, 2.05) is 31.2 Å². The van der Waals surface area contributed by atoms with Crippen molar-refractivity contribution in [2.24, 2.45) is 0 Å². The Morgan fingerprint density at radius 3 is 2.72 bits per heavy atom. The van der Waals surface area contributed by atoms with Gasteiger partial charge in [-0.1, -0.05) is 17.7 Å². The zero-order chi connectivity index (χ0) is 17.4. The molecule has 0 spiro atoms. The van der Waals surface area contributed by atoms with Crippen molar-refractivity contribution in [1.82, 2.24) is 19.6 Å². The largest absolute Gasteiger partial charge is 0.461 e. The van der Waals surface area contributed by atoms with Gasteiger partial charge in [-0.2, -0.15) is 4.52 Å². The molecule has 124 valence electrons. The molecule has 0 aliphatic rings. The first-order valence-corrected chi connectivity index (χ1v) is 7.55. The highest BCUT2D eigenvalue weighted by atomic mass is 16.3. The fourth-order valence-corrected chi connectivity index (χ4v) is 2.37. The zero-order valence-electron chi connectivity index (χ0n) is 13.3. The van der Waals surface area contributed by atoms with Crippen LogP contribution in [0.25, 0.3) is 17.2 Å². The maximum Gasteiger partial charge on any atom is 0.274 e. The SMILES string of the molecule is Cc1ccc(NC(=O)c2cc3nc(-c4ccco4)nn3c(N)n2)cc1. The van der Waals surface area contributed by atoms with E-state index < -0.39 is 0 Å². The van der Waals surface area contributed by atoms with Crippen LogP contribution in [0.15, 0.2) is 53.1 Å². The number of aromatic nitrogens is 4. The summed E-state index contributed by atoms with van der Waals surface area (Å²) < 4.78 is 6.64. The predicted octanol–water partition coefficient (Wildman–Crippen LogP) is 2.53. The number of nitrogens with one attached hydrogen (secondary N) is 1. The lowest BCUT2D eigenvalue weighted by Gasteiger charge is -2.06. The van der Waals surface area contributed by atoms with Gasteiger partial charge < -0.3 is 15.5 Å². The Balaban J connectivity index is 1.67. The Labute approximate surface area is 142 Å². The summed E-state index contributed by atoms with van der Waals surface area (Å²) >= 11 is 0. The van der Waals surface area contributed by atoms with Crippen LogP contribution < -0.4 is 11.1 Å². The highest BCUT2D eigenvalue weighted by molar-refractivity contribution is 6.03. The molecule has 0 fully saturated rings. The quantitative estimate of drug-likeness (QED) is 0.595. The predicted molar refractivity (Wildman–Crippen MR) is 92.0 cm³/mol. The van der Waals surface area contributed by atoms with Crippen LogP contribution in [-0.4, -0.2) is 25.5 Å². The van der Waals surface area contributed by atoms with Gasteiger partial charge >= 0.3 is 0 Å². The van der Waals surface area contributed by atoms with Crippen molar-refractivity contribution in [1.29, 1.82) is 0 Å². The van der Waals surface area contributed by atoms with E-state index in [0.29, 0.717) is 22.9 Å². The maximum absolute atomic E-state index is 12.4. The molecular weight excluding hydrogens is 320 g/mol. The number of rotatable bonds is 3. The molecule has 8 heteroatoms. The van der Waals surface area contributed by atoms with Gasteiger partial charge in [0, 0.05) is 11.8 Å². The van der Waals surface area contributed by atoms with E-state index in [1.54, 1.807) is 12.1 Å². The molecule has 0 aliphatic heterocycles. The van der Waals surface area contributed by atoms with Crippen molar-refractivity contribution < 1.29 is 9.21 Å². The van der Waals surface area contributed by atoms with Gasteiger partial charge in [-0.25, -0.2) is 9.97 Å². The van der Waals surface area contributed by atoms with Gasteiger partial charge in [-0.05, 0) is 31.2 Å². The third-order valence-electron chi connectivity index (χ3n) is 3.63. The molecule has 0 aliphatic carbocycles. The molecule has 0 atom stereocenters. The average molecular weight is 334 g/mol. The molecule has 0 saturated heterocycles. The van der Waals surface area contributed by atoms with Crippen LogP contribution in [0.3, 0.4) is 0 Å². The normalized spacial score (nSPS) is 10.9. The number of nitrogens with zero attached hydrogens (tertiary/aromatic N) is 4. The van der Waals surface area contributed by atoms with E-state index >= 15 is 0 Å². The maximum atomic E-state index is 12.4. The first-order chi connectivity index (χ1) is 12.1. The van der Waals surface area contributed by atoms with Crippen molar-refractivity contribution >= 4 is 23.2 Å². The number of aryl methyl sites for hydroxylation is 1. The molecule has 4 rings (SSSR count). The second-order valence-corrected chi connectivity index (χ2v) is 5.50. The Kier molecular flexibility index (Phi) is 3.42. The van der Waals surface area contributed by atoms with E-state index in [9.17, 15) is 4.79 Å². The van der Waals surface area contributed by atoms with Crippen LogP contribution in [0.4, 0.5) is 11.6 Å². The summed E-state index contributed by atoms with van der Waals surface area (Å²) in [5.41, 5.74) is 8.26. The van der Waals surface area contributed by atoms with Crippen LogP contribution in [0.1, 0.15) is 16.1 Å². The van der Waals surface area contributed by atoms with Gasteiger partial charge in [0.1, 0.15) is 5.69 Å². The molecule has 0 bridgehead atoms. The molecule has 8 nitrogen and oxygen atoms in total. The van der Waals surface area contributed by atoms with Crippen molar-refractivity contribution in [2.75, 3.05) is 11.1 Å². The minimum atomic E-state index is -0.374. The van der Waals surface area contributed by atoms with Crippen molar-refractivity contribution in [3.8, 4) is 11.6 Å². The van der Waals surface area contributed by atoms with Crippen molar-refractivity contribution in [3.05, 3.63) is 60.0 Å². The molecule has 3 N–H and O–H groups in total. The van der Waals surface area contributed by atoms with E-state index in [-0.39, 0.29) is 17.5 Å². The summed E-state index contributed by atoms with van der Waals surface area (Å²) in [6.07, 6.45) is 1.53. The van der Waals surface area contributed by atoms with E-state index in [0.717, 1.165) is 5.56 Å². The van der Waals surface area contributed by atoms with Crippen LogP contribution in [0, 0.1) is 6.92 Å². The molecule has 1 amide bonds. The number of hydrogen-bond donors (Lipinski definition) is 2. The number of fused-ring (bicyclic) bond motifs is 1. The second kappa shape index (κ2) is 5.75. The monoisotopic (exact) mass is 334 g/mol. The van der Waals surface area contributed by atoms with Gasteiger partial charge in [0.15, 0.2) is 11.4 Å². The lowest BCUT2D eigenvalue weighted by atomic mass is 10.2. The zero-order valence-corrected chi connectivity index (χ0v) is 13.3. The van der Waals surface area contributed by atoms with Gasteiger partial charge in [0.25, 0.3) is 5.91 Å². The first kappa shape index (κ1) is 14.9. The van der Waals surface area contributed by atoms with Crippen molar-refractivity contribution in [3.63, 3.8) is 0 Å². The molecule has 25 heavy (non-hydrogen) atoms. The van der Waals surface area contributed by atoms with Crippen molar-refractivity contribution in [2.45, 2.75) is 6.92 Å². The number of amides is 1. The van der Waals surface area contributed by atoms with Gasteiger partial charge in [0.05, 0.1) is 6.26 Å². The molecule has 0 unspecified atom stereocenters. The number of nitrogens with two attached hydrogens (primary N) is 1. The van der Waals surface area contributed by atoms with E-state index in [2.05, 4.69) is 20.4 Å². The average Bonchev–Trinajstić information content (AvgIpc) is 3.25. The van der Waals surface area contributed by atoms with Crippen LogP contribution in [-0.2, 0) is 0 Å². The molecule has 4 aromatic rings. The standard InChI is InChI=1S/C17H14N6O2/c1-10-4-6-11(7-5-10)19-16(24)12-9-14-21-15(13-3-2-8-25-13)22-23(14)17(18)20-12/h2-9H,1H3,(H2,18,20)(H,19,24). The summed E-state index contributed by atoms with van der Waals surface area (Å²) in [6.45, 7) is 1.98. The third-order valence-corrected chi connectivity index (χ3v) is 3.63. The molecular formula is C17H14N6O2. The van der Waals surface area contributed by atoms with Crippen LogP contribution in [0.5, 0.6) is 0 Å². The number of anilines is 2. The number of hydrogen-bond acceptors (Lipinski definition) is 6. The molecule has 3 heterocycles. The summed E-state index contributed by atoms with van der Waals surface area (Å²) in [6, 6.07) is 12.5. The number of furan rings is 1. The molecule has 3 aromatic heterocycles. The lowest BCUT2D eigenvalue weighted by Crippen LogP contribution is -2.16. The fraction of sp³-hybridized carbons (Fsp3) is 0.0588. The number of nitrogen functional groups attached to an aromatic ring is 1. The molecule has 0 saturated carbocycles. The first-order valence-electron chi connectivity index (χ1n) is 7.55. The Morgan fingerprint density at radius 1 is 1.20 bits per heavy atom. The van der Waals surface area contributed by atoms with E-state index in [1.165, 1.54) is 16.8 Å². The summed E-state index contributed by atoms with van der Waals surface area (Å²) in [5, 5.41) is 7.02. The molecule has 0 radical (unpaired) electrons. The topological polar surface area (TPSA) is 111 Å². The van der Waals surface area contributed by atoms with Crippen LogP contribution in [0.2, 0.25) is 0 Å². The summed E-state index contributed by atoms with van der Waals surface area (Å²) in [7, 11) is 0. The van der Waals surface area contributed by atoms with Gasteiger partial charge in [-0.15, -0.1) is 5.10 Å². The highest BCUT2D eigenvalue weighted by Gasteiger charge is 2.16. The summed E-state index contributed by atoms with van der Waals surface area (Å²) in [4.78, 5) is 20.9. The minimum Gasteiger partial charge on any atom is -0.461 e.